The van der Waals surface area contributed by atoms with Crippen LogP contribution in [0.2, 0.25) is 0 Å². The van der Waals surface area contributed by atoms with Crippen LogP contribution in [0.25, 0.3) is 0 Å². The molecule has 0 amide bonds. The van der Waals surface area contributed by atoms with E-state index in [-0.39, 0.29) is 0 Å². The highest BCUT2D eigenvalue weighted by atomic mass is 16.5. The molecule has 3 nitrogen and oxygen atoms in total. The molecule has 0 saturated carbocycles. The van der Waals surface area contributed by atoms with E-state index < -0.39 is 0 Å². The number of ether oxygens (including phenoxy) is 1. The van der Waals surface area contributed by atoms with Crippen LogP contribution >= 0.6 is 0 Å². The lowest BCUT2D eigenvalue weighted by Gasteiger charge is -2.39. The van der Waals surface area contributed by atoms with Crippen LogP contribution in [0.1, 0.15) is 33.6 Å². The number of hydrogen-bond donors (Lipinski definition) is 1. The van der Waals surface area contributed by atoms with Crippen molar-refractivity contribution >= 4 is 0 Å². The van der Waals surface area contributed by atoms with E-state index in [1.165, 1.54) is 6.42 Å². The molecule has 1 aliphatic heterocycles. The summed E-state index contributed by atoms with van der Waals surface area (Å²) in [5, 5.41) is 0. The van der Waals surface area contributed by atoms with E-state index in [1.807, 2.05) is 0 Å². The zero-order chi connectivity index (χ0) is 10.6. The zero-order valence-electron chi connectivity index (χ0n) is 9.70. The first-order valence-electron chi connectivity index (χ1n) is 5.73. The summed E-state index contributed by atoms with van der Waals surface area (Å²) in [6.45, 7) is 9.53. The summed E-state index contributed by atoms with van der Waals surface area (Å²) in [6, 6.07) is 0.646. The molecule has 0 aromatic carbocycles. The highest BCUT2D eigenvalue weighted by Crippen LogP contribution is 2.15. The highest BCUT2D eigenvalue weighted by Gasteiger charge is 2.25. The summed E-state index contributed by atoms with van der Waals surface area (Å²) >= 11 is 0. The molecular weight excluding hydrogens is 176 g/mol. The quantitative estimate of drug-likeness (QED) is 0.741. The van der Waals surface area contributed by atoms with Crippen molar-refractivity contribution in [3.63, 3.8) is 0 Å². The molecule has 0 aliphatic carbocycles. The molecule has 1 fully saturated rings. The van der Waals surface area contributed by atoms with Crippen molar-refractivity contribution in [3.05, 3.63) is 0 Å². The average Bonchev–Trinajstić information content (AvgIpc) is 2.12. The molecule has 1 unspecified atom stereocenters. The number of nitrogens with zero attached hydrogens (tertiary/aromatic N) is 1. The van der Waals surface area contributed by atoms with Gasteiger partial charge in [0.05, 0.1) is 12.2 Å². The normalized spacial score (nSPS) is 31.7. The molecule has 0 radical (unpaired) electrons. The van der Waals surface area contributed by atoms with Gasteiger partial charge in [-0.1, -0.05) is 0 Å². The first-order chi connectivity index (χ1) is 6.63. The van der Waals surface area contributed by atoms with Gasteiger partial charge in [0.1, 0.15) is 0 Å². The third-order valence-corrected chi connectivity index (χ3v) is 2.90. The molecule has 3 heteroatoms. The average molecular weight is 200 g/mol. The van der Waals surface area contributed by atoms with Gasteiger partial charge in [0, 0.05) is 19.1 Å². The van der Waals surface area contributed by atoms with Crippen molar-refractivity contribution < 1.29 is 4.74 Å². The minimum Gasteiger partial charge on any atom is -0.373 e. The predicted octanol–water partition coefficient (Wildman–Crippen LogP) is 1.22. The van der Waals surface area contributed by atoms with Crippen LogP contribution in [0.5, 0.6) is 0 Å². The van der Waals surface area contributed by atoms with E-state index in [0.717, 1.165) is 26.1 Å². The Bertz CT molecular complexity index is 153. The van der Waals surface area contributed by atoms with Crippen molar-refractivity contribution in [2.24, 2.45) is 5.73 Å². The Kier molecular flexibility index (Phi) is 4.85. The molecule has 0 aromatic rings. The van der Waals surface area contributed by atoms with Crippen molar-refractivity contribution in [1.29, 1.82) is 0 Å². The topological polar surface area (TPSA) is 38.5 Å². The number of rotatable bonds is 4. The summed E-state index contributed by atoms with van der Waals surface area (Å²) in [6.07, 6.45) is 3.08. The first-order valence-corrected chi connectivity index (χ1v) is 5.73. The van der Waals surface area contributed by atoms with Crippen molar-refractivity contribution in [2.45, 2.75) is 51.9 Å². The van der Waals surface area contributed by atoms with E-state index in [4.69, 9.17) is 10.5 Å². The summed E-state index contributed by atoms with van der Waals surface area (Å²) in [4.78, 5) is 2.52. The SMILES string of the molecule is CC(CCCN)N1C[C@@H](C)O[C@@H](C)C1. The van der Waals surface area contributed by atoms with Gasteiger partial charge in [-0.15, -0.1) is 0 Å². The highest BCUT2D eigenvalue weighted by molar-refractivity contribution is 4.77. The molecule has 84 valence electrons. The number of morpholine rings is 1. The fraction of sp³-hybridized carbons (Fsp3) is 1.00. The maximum atomic E-state index is 5.70. The molecule has 3 atom stereocenters. The van der Waals surface area contributed by atoms with E-state index >= 15 is 0 Å². The van der Waals surface area contributed by atoms with Gasteiger partial charge in [-0.25, -0.2) is 0 Å². The predicted molar refractivity (Wildman–Crippen MR) is 59.3 cm³/mol. The third-order valence-electron chi connectivity index (χ3n) is 2.90. The molecule has 0 spiro atoms. The molecule has 1 saturated heterocycles. The summed E-state index contributed by atoms with van der Waals surface area (Å²) in [5.41, 5.74) is 5.52. The molecule has 0 aromatic heterocycles. The van der Waals surface area contributed by atoms with E-state index in [1.54, 1.807) is 0 Å². The summed E-state index contributed by atoms with van der Waals surface area (Å²) in [7, 11) is 0. The minimum atomic E-state index is 0.374. The van der Waals surface area contributed by atoms with Gasteiger partial charge in [-0.3, -0.25) is 4.90 Å². The van der Waals surface area contributed by atoms with Crippen LogP contribution in [0.4, 0.5) is 0 Å². The molecule has 1 aliphatic rings. The monoisotopic (exact) mass is 200 g/mol. The molecular formula is C11H24N2O. The summed E-state index contributed by atoms with van der Waals surface area (Å²) in [5.74, 6) is 0. The Labute approximate surface area is 87.6 Å². The number of nitrogens with two attached hydrogens (primary N) is 1. The van der Waals surface area contributed by atoms with Crippen molar-refractivity contribution in [3.8, 4) is 0 Å². The van der Waals surface area contributed by atoms with Crippen LogP contribution in [-0.2, 0) is 4.74 Å². The molecule has 14 heavy (non-hydrogen) atoms. The van der Waals surface area contributed by atoms with Gasteiger partial charge in [0.15, 0.2) is 0 Å². The van der Waals surface area contributed by atoms with Crippen molar-refractivity contribution in [2.75, 3.05) is 19.6 Å². The maximum Gasteiger partial charge on any atom is 0.0678 e. The van der Waals surface area contributed by atoms with Gasteiger partial charge >= 0.3 is 0 Å². The second kappa shape index (κ2) is 5.69. The molecule has 2 N–H and O–H groups in total. The number of hydrogen-bond acceptors (Lipinski definition) is 3. The zero-order valence-corrected chi connectivity index (χ0v) is 9.70. The standard InChI is InChI=1S/C11H24N2O/c1-9(5-4-6-12)13-7-10(2)14-11(3)8-13/h9-11H,4-8,12H2,1-3H3/t9?,10-,11+. The van der Waals surface area contributed by atoms with Crippen LogP contribution in [-0.4, -0.2) is 42.8 Å². The van der Waals surface area contributed by atoms with Crippen LogP contribution < -0.4 is 5.73 Å². The van der Waals surface area contributed by atoms with Crippen LogP contribution in [0, 0.1) is 0 Å². The van der Waals surface area contributed by atoms with Crippen molar-refractivity contribution in [1.82, 2.24) is 4.90 Å². The minimum absolute atomic E-state index is 0.374. The second-order valence-corrected chi connectivity index (χ2v) is 4.49. The smallest absolute Gasteiger partial charge is 0.0678 e. The summed E-state index contributed by atoms with van der Waals surface area (Å²) < 4.78 is 5.70. The second-order valence-electron chi connectivity index (χ2n) is 4.49. The Morgan fingerprint density at radius 2 is 1.93 bits per heavy atom. The lowest BCUT2D eigenvalue weighted by atomic mass is 10.1. The van der Waals surface area contributed by atoms with Crippen LogP contribution in [0.15, 0.2) is 0 Å². The maximum absolute atomic E-state index is 5.70. The Hall–Kier alpha value is -0.120. The largest absolute Gasteiger partial charge is 0.373 e. The first kappa shape index (κ1) is 12.0. The van der Waals surface area contributed by atoms with Gasteiger partial charge < -0.3 is 10.5 Å². The Morgan fingerprint density at radius 1 is 1.36 bits per heavy atom. The molecule has 0 bridgehead atoms. The molecule has 1 heterocycles. The Balaban J connectivity index is 2.34. The van der Waals surface area contributed by atoms with E-state index in [9.17, 15) is 0 Å². The fourth-order valence-electron chi connectivity index (χ4n) is 2.17. The lowest BCUT2D eigenvalue weighted by molar-refractivity contribution is -0.0792. The lowest BCUT2D eigenvalue weighted by Crippen LogP contribution is -2.49. The van der Waals surface area contributed by atoms with E-state index in [2.05, 4.69) is 25.7 Å². The van der Waals surface area contributed by atoms with Crippen LogP contribution in [0.3, 0.4) is 0 Å². The molecule has 1 rings (SSSR count). The van der Waals surface area contributed by atoms with Gasteiger partial charge in [-0.2, -0.15) is 0 Å². The van der Waals surface area contributed by atoms with Gasteiger partial charge in [-0.05, 0) is 40.2 Å². The third kappa shape index (κ3) is 3.56. The van der Waals surface area contributed by atoms with E-state index in [0.29, 0.717) is 18.2 Å². The van der Waals surface area contributed by atoms with Gasteiger partial charge in [0.25, 0.3) is 0 Å². The van der Waals surface area contributed by atoms with Gasteiger partial charge in [0.2, 0.25) is 0 Å². The fourth-order valence-corrected chi connectivity index (χ4v) is 2.17. The Morgan fingerprint density at radius 3 is 2.43 bits per heavy atom.